The minimum absolute atomic E-state index is 0.0127. The third-order valence-electron chi connectivity index (χ3n) is 4.52. The topological polar surface area (TPSA) is 62.7 Å². The maximum absolute atomic E-state index is 12.4. The predicted molar refractivity (Wildman–Crippen MR) is 115 cm³/mol. The summed E-state index contributed by atoms with van der Waals surface area (Å²) in [6, 6.07) is 15.7. The lowest BCUT2D eigenvalue weighted by atomic mass is 10.1. The molecule has 0 aliphatic rings. The average Bonchev–Trinajstić information content (AvgIpc) is 3.03. The molecule has 2 aromatic carbocycles. The number of nitrogens with zero attached hydrogens (tertiary/aromatic N) is 2. The van der Waals surface area contributed by atoms with Crippen LogP contribution in [0.25, 0.3) is 11.4 Å². The molecule has 146 valence electrons. The van der Waals surface area contributed by atoms with E-state index in [-0.39, 0.29) is 11.9 Å². The first kappa shape index (κ1) is 20.3. The number of nitrogens with one attached hydrogen (secondary N) is 2. The van der Waals surface area contributed by atoms with Crippen molar-refractivity contribution in [2.24, 2.45) is 0 Å². The van der Waals surface area contributed by atoms with Gasteiger partial charge in [-0.25, -0.2) is 0 Å². The van der Waals surface area contributed by atoms with Crippen LogP contribution in [0.4, 0.5) is 0 Å². The maximum atomic E-state index is 12.4. The lowest BCUT2D eigenvalue weighted by Gasteiger charge is -2.15. The number of halogens is 1. The van der Waals surface area contributed by atoms with E-state index in [4.69, 9.17) is 23.8 Å². The molecule has 0 bridgehead atoms. The number of aromatic amines is 1. The summed E-state index contributed by atoms with van der Waals surface area (Å²) in [5.74, 6) is 0.708. The summed E-state index contributed by atoms with van der Waals surface area (Å²) in [6.07, 6.45) is 1.00. The van der Waals surface area contributed by atoms with Gasteiger partial charge >= 0.3 is 0 Å². The van der Waals surface area contributed by atoms with Gasteiger partial charge in [-0.3, -0.25) is 14.5 Å². The van der Waals surface area contributed by atoms with E-state index in [0.29, 0.717) is 24.2 Å². The van der Waals surface area contributed by atoms with Crippen molar-refractivity contribution in [1.29, 1.82) is 0 Å². The van der Waals surface area contributed by atoms with Gasteiger partial charge in [0.1, 0.15) is 0 Å². The van der Waals surface area contributed by atoms with Gasteiger partial charge in [0.15, 0.2) is 10.6 Å². The molecule has 7 heteroatoms. The van der Waals surface area contributed by atoms with Gasteiger partial charge in [0.05, 0.1) is 0 Å². The molecule has 2 N–H and O–H groups in total. The number of carbonyl (C=O) groups is 1. The zero-order valence-electron chi connectivity index (χ0n) is 15.9. The van der Waals surface area contributed by atoms with Crippen molar-refractivity contribution < 1.29 is 4.79 Å². The van der Waals surface area contributed by atoms with E-state index >= 15 is 0 Å². The molecule has 5 nitrogen and oxygen atoms in total. The molecule has 0 saturated heterocycles. The minimum atomic E-state index is -0.0301. The summed E-state index contributed by atoms with van der Waals surface area (Å²) in [6.45, 7) is 4.47. The second-order valence-electron chi connectivity index (χ2n) is 6.88. The lowest BCUT2D eigenvalue weighted by molar-refractivity contribution is -0.121. The Hall–Kier alpha value is -2.44. The zero-order chi connectivity index (χ0) is 20.1. The Kier molecular flexibility index (Phi) is 6.65. The number of carbonyl (C=O) groups excluding carboxylic acids is 1. The van der Waals surface area contributed by atoms with Crippen molar-refractivity contribution in [2.75, 3.05) is 0 Å². The molecule has 0 saturated carbocycles. The van der Waals surface area contributed by atoms with E-state index in [1.165, 1.54) is 5.56 Å². The van der Waals surface area contributed by atoms with Crippen LogP contribution in [0.15, 0.2) is 48.5 Å². The van der Waals surface area contributed by atoms with Crippen LogP contribution in [0, 0.1) is 11.7 Å². The van der Waals surface area contributed by atoms with Gasteiger partial charge in [0.2, 0.25) is 5.91 Å². The number of amides is 1. The highest BCUT2D eigenvalue weighted by atomic mass is 35.5. The molecule has 0 aliphatic heterocycles. The molecule has 1 aromatic heterocycles. The quantitative estimate of drug-likeness (QED) is 0.550. The van der Waals surface area contributed by atoms with Crippen LogP contribution in [-0.4, -0.2) is 26.7 Å². The van der Waals surface area contributed by atoms with E-state index in [1.54, 1.807) is 0 Å². The summed E-state index contributed by atoms with van der Waals surface area (Å²) >= 11 is 11.5. The lowest BCUT2D eigenvalue weighted by Crippen LogP contribution is -2.34. The van der Waals surface area contributed by atoms with Crippen LogP contribution < -0.4 is 5.32 Å². The second kappa shape index (κ2) is 9.17. The van der Waals surface area contributed by atoms with Crippen molar-refractivity contribution in [1.82, 2.24) is 20.1 Å². The van der Waals surface area contributed by atoms with Crippen LogP contribution in [0.2, 0.25) is 5.02 Å². The third kappa shape index (κ3) is 5.09. The number of H-pyrrole nitrogens is 1. The van der Waals surface area contributed by atoms with Crippen molar-refractivity contribution in [3.05, 3.63) is 69.5 Å². The minimum Gasteiger partial charge on any atom is -0.353 e. The fraction of sp³-hybridized carbons (Fsp3) is 0.286. The summed E-state index contributed by atoms with van der Waals surface area (Å²) in [7, 11) is 0. The van der Waals surface area contributed by atoms with Crippen LogP contribution in [0.1, 0.15) is 24.5 Å². The van der Waals surface area contributed by atoms with Crippen molar-refractivity contribution in [3.8, 4) is 11.4 Å². The first-order valence-electron chi connectivity index (χ1n) is 9.19. The molecule has 0 aliphatic carbocycles. The van der Waals surface area contributed by atoms with Crippen LogP contribution in [0.5, 0.6) is 0 Å². The van der Waals surface area contributed by atoms with Crippen LogP contribution in [-0.2, 0) is 17.8 Å². The normalized spacial score (nSPS) is 12.0. The van der Waals surface area contributed by atoms with Crippen molar-refractivity contribution >= 4 is 29.7 Å². The monoisotopic (exact) mass is 414 g/mol. The third-order valence-corrected chi connectivity index (χ3v) is 5.20. The summed E-state index contributed by atoms with van der Waals surface area (Å²) in [4.78, 5) is 12.4. The molecule has 1 amide bonds. The molecule has 3 aromatic rings. The Labute approximate surface area is 174 Å². The number of aryl methyl sites for hydroxylation is 1. The van der Waals surface area contributed by atoms with Gasteiger partial charge in [0.25, 0.3) is 0 Å². The summed E-state index contributed by atoms with van der Waals surface area (Å²) in [5.41, 5.74) is 3.16. The second-order valence-corrected chi connectivity index (χ2v) is 7.68. The number of benzene rings is 2. The van der Waals surface area contributed by atoms with Crippen LogP contribution >= 0.6 is 23.8 Å². The Morgan fingerprint density at radius 3 is 2.68 bits per heavy atom. The molecule has 28 heavy (non-hydrogen) atoms. The molecule has 3 rings (SSSR count). The van der Waals surface area contributed by atoms with Gasteiger partial charge in [-0.1, -0.05) is 59.6 Å². The fourth-order valence-corrected chi connectivity index (χ4v) is 3.49. The van der Waals surface area contributed by atoms with E-state index in [9.17, 15) is 4.79 Å². The highest BCUT2D eigenvalue weighted by molar-refractivity contribution is 7.71. The predicted octanol–water partition coefficient (Wildman–Crippen LogP) is 4.71. The standard InChI is InChI=1S/C21H23ClN4OS/c1-14-7-9-16(10-8-14)20-24-25-21(28)26(20)12-11-19(27)23-15(2)13-17-5-3-4-6-18(17)22/h3-10,15H,11-13H2,1-2H3,(H,23,27)(H,25,28)/t15-/m1/s1. The molecule has 0 unspecified atom stereocenters. The maximum Gasteiger partial charge on any atom is 0.222 e. The first-order valence-corrected chi connectivity index (χ1v) is 9.97. The molecular weight excluding hydrogens is 392 g/mol. The molecule has 0 fully saturated rings. The fourth-order valence-electron chi connectivity index (χ4n) is 3.05. The average molecular weight is 415 g/mol. The highest BCUT2D eigenvalue weighted by Gasteiger charge is 2.13. The number of rotatable bonds is 7. The smallest absolute Gasteiger partial charge is 0.222 e. The summed E-state index contributed by atoms with van der Waals surface area (Å²) in [5, 5.41) is 10.9. The van der Waals surface area contributed by atoms with E-state index < -0.39 is 0 Å². The number of hydrogen-bond acceptors (Lipinski definition) is 3. The molecule has 1 atom stereocenters. The Balaban J connectivity index is 1.60. The molecule has 0 radical (unpaired) electrons. The van der Waals surface area contributed by atoms with Crippen molar-refractivity contribution in [2.45, 2.75) is 39.3 Å². The first-order chi connectivity index (χ1) is 13.4. The molecule has 0 spiro atoms. The van der Waals surface area contributed by atoms with Crippen LogP contribution in [0.3, 0.4) is 0 Å². The van der Waals surface area contributed by atoms with Gasteiger partial charge in [-0.05, 0) is 44.1 Å². The Morgan fingerprint density at radius 1 is 1.25 bits per heavy atom. The Morgan fingerprint density at radius 2 is 1.96 bits per heavy atom. The highest BCUT2D eigenvalue weighted by Crippen LogP contribution is 2.19. The van der Waals surface area contributed by atoms with Gasteiger partial charge < -0.3 is 5.32 Å². The SMILES string of the molecule is Cc1ccc(-c2n[nH]c(=S)n2CCC(=O)N[C@H](C)Cc2ccccc2Cl)cc1. The molecule has 1 heterocycles. The zero-order valence-corrected chi connectivity index (χ0v) is 17.5. The molecular formula is C21H23ClN4OS. The van der Waals surface area contributed by atoms with E-state index in [1.807, 2.05) is 66.9 Å². The van der Waals surface area contributed by atoms with E-state index in [0.717, 1.165) is 22.0 Å². The van der Waals surface area contributed by atoms with Gasteiger partial charge in [-0.15, -0.1) is 0 Å². The Bertz CT molecular complexity index is 1010. The van der Waals surface area contributed by atoms with Crippen molar-refractivity contribution in [3.63, 3.8) is 0 Å². The van der Waals surface area contributed by atoms with Gasteiger partial charge in [0, 0.05) is 29.6 Å². The number of hydrogen-bond donors (Lipinski definition) is 2. The van der Waals surface area contributed by atoms with E-state index in [2.05, 4.69) is 15.5 Å². The largest absolute Gasteiger partial charge is 0.353 e. The van der Waals surface area contributed by atoms with Gasteiger partial charge in [-0.2, -0.15) is 5.10 Å². The summed E-state index contributed by atoms with van der Waals surface area (Å²) < 4.78 is 2.37. The number of aromatic nitrogens is 3.